The second kappa shape index (κ2) is 6.30. The maximum absolute atomic E-state index is 8.88. The van der Waals surface area contributed by atoms with Gasteiger partial charge in [-0.3, -0.25) is 0 Å². The van der Waals surface area contributed by atoms with E-state index in [1.807, 2.05) is 0 Å². The molecule has 0 rings (SSSR count). The Kier molecular flexibility index (Phi) is 14.5. The van der Waals surface area contributed by atoms with E-state index in [-0.39, 0.29) is 62.7 Å². The van der Waals surface area contributed by atoms with Crippen molar-refractivity contribution in [1.29, 1.82) is 0 Å². The molecule has 0 aliphatic carbocycles. The molecular formula is H7KO4P2. The van der Waals surface area contributed by atoms with Crippen LogP contribution < -0.4 is 51.4 Å². The van der Waals surface area contributed by atoms with Crippen LogP contribution in [0.4, 0.5) is 0 Å². The minimum absolute atomic E-state index is 0. The first-order valence-corrected chi connectivity index (χ1v) is 2.35. The molecule has 1 unspecified atom stereocenters. The molecule has 3 N–H and O–H groups in total. The van der Waals surface area contributed by atoms with Gasteiger partial charge in [0.15, 0.2) is 0 Å². The van der Waals surface area contributed by atoms with Crippen LogP contribution in [0, 0.1) is 0 Å². The summed E-state index contributed by atoms with van der Waals surface area (Å²) in [6, 6.07) is 0. The zero-order valence-corrected chi connectivity index (χ0v) is 9.34. The molecule has 0 fully saturated rings. The molecule has 42 valence electrons. The van der Waals surface area contributed by atoms with E-state index in [0.717, 1.165) is 0 Å². The number of phosphoric acid groups is 1. The SMILES string of the molecule is O=P(O)(O)O.P.[H-].[K+]. The summed E-state index contributed by atoms with van der Waals surface area (Å²) < 4.78 is 8.88. The van der Waals surface area contributed by atoms with E-state index in [9.17, 15) is 0 Å². The van der Waals surface area contributed by atoms with E-state index >= 15 is 0 Å². The summed E-state index contributed by atoms with van der Waals surface area (Å²) in [6.07, 6.45) is 0. The van der Waals surface area contributed by atoms with Crippen LogP contribution in [0.3, 0.4) is 0 Å². The van der Waals surface area contributed by atoms with Crippen LogP contribution >= 0.6 is 17.7 Å². The van der Waals surface area contributed by atoms with E-state index in [1.54, 1.807) is 0 Å². The monoisotopic (exact) mass is 172 g/mol. The fourth-order valence-corrected chi connectivity index (χ4v) is 0. The zero-order valence-electron chi connectivity index (χ0n) is 4.90. The first-order valence-electron chi connectivity index (χ1n) is 0.783. The summed E-state index contributed by atoms with van der Waals surface area (Å²) in [6.45, 7) is 0. The summed E-state index contributed by atoms with van der Waals surface area (Å²) in [5, 5.41) is 0. The summed E-state index contributed by atoms with van der Waals surface area (Å²) in [5.41, 5.74) is 0. The first-order chi connectivity index (χ1) is 2.00. The van der Waals surface area contributed by atoms with E-state index in [0.29, 0.717) is 0 Å². The minimum atomic E-state index is -4.64. The maximum atomic E-state index is 8.88. The molecule has 0 aliphatic rings. The van der Waals surface area contributed by atoms with E-state index in [2.05, 4.69) is 0 Å². The molecule has 0 saturated carbocycles. The van der Waals surface area contributed by atoms with Gasteiger partial charge >= 0.3 is 59.2 Å². The predicted octanol–water partition coefficient (Wildman–Crippen LogP) is -3.75. The Hall–Kier alpha value is 2.18. The van der Waals surface area contributed by atoms with Gasteiger partial charge in [0, 0.05) is 0 Å². The Bertz CT molecular complexity index is 60.2. The topological polar surface area (TPSA) is 77.8 Å². The van der Waals surface area contributed by atoms with Crippen molar-refractivity contribution < 1.29 is 72.1 Å². The van der Waals surface area contributed by atoms with Gasteiger partial charge in [0.1, 0.15) is 0 Å². The Morgan fingerprint density at radius 2 is 1.29 bits per heavy atom. The van der Waals surface area contributed by atoms with Gasteiger partial charge in [0.25, 0.3) is 0 Å². The van der Waals surface area contributed by atoms with E-state index < -0.39 is 7.82 Å². The van der Waals surface area contributed by atoms with Gasteiger partial charge in [0.2, 0.25) is 0 Å². The summed E-state index contributed by atoms with van der Waals surface area (Å²) >= 11 is 0. The van der Waals surface area contributed by atoms with Crippen LogP contribution in [-0.2, 0) is 4.57 Å². The molecule has 0 spiro atoms. The van der Waals surface area contributed by atoms with Gasteiger partial charge in [0.05, 0.1) is 0 Å². The fraction of sp³-hybridized carbons (Fsp3) is 0. The van der Waals surface area contributed by atoms with Crippen molar-refractivity contribution in [1.82, 2.24) is 0 Å². The van der Waals surface area contributed by atoms with Crippen LogP contribution in [0.15, 0.2) is 0 Å². The van der Waals surface area contributed by atoms with Gasteiger partial charge in [-0.05, 0) is 0 Å². The third-order valence-corrected chi connectivity index (χ3v) is 0. The fourth-order valence-electron chi connectivity index (χ4n) is 0. The van der Waals surface area contributed by atoms with Crippen molar-refractivity contribution in [3.05, 3.63) is 0 Å². The van der Waals surface area contributed by atoms with Crippen molar-refractivity contribution in [2.75, 3.05) is 0 Å². The van der Waals surface area contributed by atoms with Gasteiger partial charge in [-0.2, -0.15) is 9.90 Å². The van der Waals surface area contributed by atoms with Crippen LogP contribution in [0.25, 0.3) is 0 Å². The van der Waals surface area contributed by atoms with Gasteiger partial charge in [-0.25, -0.2) is 4.57 Å². The van der Waals surface area contributed by atoms with Crippen LogP contribution in [-0.4, -0.2) is 14.7 Å². The third kappa shape index (κ3) is 65.9. The average Bonchev–Trinajstić information content (AvgIpc) is 0.722. The molecule has 0 heterocycles. The molecule has 4 nitrogen and oxygen atoms in total. The number of hydrogen-bond donors (Lipinski definition) is 3. The average molecular weight is 172 g/mol. The largest absolute Gasteiger partial charge is 1.00 e. The molecule has 0 aromatic heterocycles. The van der Waals surface area contributed by atoms with Crippen molar-refractivity contribution in [2.45, 2.75) is 0 Å². The molecule has 0 saturated heterocycles. The first kappa shape index (κ1) is 16.1. The Morgan fingerprint density at radius 1 is 1.29 bits per heavy atom. The van der Waals surface area contributed by atoms with E-state index in [4.69, 9.17) is 19.2 Å². The predicted molar refractivity (Wildman–Crippen MR) is 26.5 cm³/mol. The summed E-state index contributed by atoms with van der Waals surface area (Å²) in [5.74, 6) is 0. The third-order valence-electron chi connectivity index (χ3n) is 0. The van der Waals surface area contributed by atoms with Crippen molar-refractivity contribution in [3.8, 4) is 0 Å². The zero-order chi connectivity index (χ0) is 4.50. The van der Waals surface area contributed by atoms with Crippen LogP contribution in [0.2, 0.25) is 0 Å². The molecule has 0 radical (unpaired) electrons. The molecule has 0 bridgehead atoms. The standard InChI is InChI=1S/K.H3O4P.H3P.H/c;1-5(2,3)4;;/h;(H3,1,2,3,4);1H3;/q+1;;;-1. The number of rotatable bonds is 0. The summed E-state index contributed by atoms with van der Waals surface area (Å²) in [4.78, 5) is 21.6. The van der Waals surface area contributed by atoms with Crippen molar-refractivity contribution in [2.24, 2.45) is 0 Å². The molecule has 7 heavy (non-hydrogen) atoms. The van der Waals surface area contributed by atoms with Gasteiger partial charge < -0.3 is 16.1 Å². The molecular weight excluding hydrogens is 165 g/mol. The molecule has 1 atom stereocenters. The Balaban J connectivity index is -0.0000000267. The Morgan fingerprint density at radius 3 is 1.29 bits per heavy atom. The Labute approximate surface area is 88.5 Å². The van der Waals surface area contributed by atoms with Gasteiger partial charge in [-0.1, -0.05) is 0 Å². The van der Waals surface area contributed by atoms with Crippen LogP contribution in [0.1, 0.15) is 1.43 Å². The normalized spacial score (nSPS) is 8.43. The second-order valence-corrected chi connectivity index (χ2v) is 1.54. The minimum Gasteiger partial charge on any atom is -1.00 e. The summed E-state index contributed by atoms with van der Waals surface area (Å²) in [7, 11) is -4.64. The quantitative estimate of drug-likeness (QED) is 0.259. The van der Waals surface area contributed by atoms with Gasteiger partial charge in [-0.15, -0.1) is 0 Å². The van der Waals surface area contributed by atoms with E-state index in [1.165, 1.54) is 0 Å². The van der Waals surface area contributed by atoms with Crippen molar-refractivity contribution >= 4 is 17.7 Å². The second-order valence-electron chi connectivity index (χ2n) is 0.513. The molecule has 0 aromatic rings. The maximum Gasteiger partial charge on any atom is 1.00 e. The van der Waals surface area contributed by atoms with Crippen molar-refractivity contribution in [3.63, 3.8) is 0 Å². The molecule has 0 amide bonds. The van der Waals surface area contributed by atoms with Crippen LogP contribution in [0.5, 0.6) is 0 Å². The molecule has 7 heteroatoms. The molecule has 0 aromatic carbocycles. The smallest absolute Gasteiger partial charge is 1.00 e. The molecule has 0 aliphatic heterocycles. The number of hydrogen-bond acceptors (Lipinski definition) is 1.